The minimum Gasteiger partial charge on any atom is -0.474 e. The summed E-state index contributed by atoms with van der Waals surface area (Å²) in [5.74, 6) is 1.35. The van der Waals surface area contributed by atoms with E-state index in [0.717, 1.165) is 24.9 Å². The number of nitrogens with one attached hydrogen (secondary N) is 3. The van der Waals surface area contributed by atoms with Crippen LogP contribution in [0.15, 0.2) is 23.3 Å². The van der Waals surface area contributed by atoms with E-state index in [1.54, 1.807) is 6.20 Å². The molecule has 1 aromatic heterocycles. The van der Waals surface area contributed by atoms with Crippen LogP contribution in [0.3, 0.4) is 0 Å². The standard InChI is InChI=1S/C21H35N5O3/c1-5-22-19(24-13-14-25-20(27)29-21(2,3)4)26-15-16-9-8-12-23-18(16)28-17-10-6-7-11-17/h8-9,12,17H,5-7,10-11,13-15H2,1-4H3,(H,25,27)(H2,22,24,26). The Balaban J connectivity index is 1.84. The molecular weight excluding hydrogens is 370 g/mol. The van der Waals surface area contributed by atoms with Crippen LogP contribution in [-0.2, 0) is 11.3 Å². The molecule has 1 aromatic rings. The van der Waals surface area contributed by atoms with Gasteiger partial charge in [0.05, 0.1) is 6.54 Å². The van der Waals surface area contributed by atoms with E-state index >= 15 is 0 Å². The Morgan fingerprint density at radius 2 is 1.93 bits per heavy atom. The van der Waals surface area contributed by atoms with E-state index < -0.39 is 11.7 Å². The number of carbonyl (C=O) groups excluding carboxylic acids is 1. The zero-order valence-electron chi connectivity index (χ0n) is 18.1. The monoisotopic (exact) mass is 405 g/mol. The number of alkyl carbamates (subject to hydrolysis) is 1. The van der Waals surface area contributed by atoms with Crippen LogP contribution in [-0.4, -0.2) is 48.4 Å². The molecule has 1 saturated carbocycles. The van der Waals surface area contributed by atoms with Crippen molar-refractivity contribution in [3.63, 3.8) is 0 Å². The third-order valence-corrected chi connectivity index (χ3v) is 4.27. The predicted octanol–water partition coefficient (Wildman–Crippen LogP) is 2.98. The Kier molecular flexibility index (Phi) is 9.02. The van der Waals surface area contributed by atoms with Gasteiger partial charge >= 0.3 is 6.09 Å². The maximum absolute atomic E-state index is 11.7. The zero-order valence-corrected chi connectivity index (χ0v) is 18.1. The van der Waals surface area contributed by atoms with Crippen molar-refractivity contribution in [3.05, 3.63) is 23.9 Å². The van der Waals surface area contributed by atoms with Gasteiger partial charge in [-0.05, 0) is 59.4 Å². The van der Waals surface area contributed by atoms with E-state index in [4.69, 9.17) is 9.47 Å². The first kappa shape index (κ1) is 22.8. The number of amides is 1. The minimum atomic E-state index is -0.504. The number of hydrogen-bond acceptors (Lipinski definition) is 5. The molecule has 1 fully saturated rings. The van der Waals surface area contributed by atoms with Crippen LogP contribution in [0.4, 0.5) is 4.79 Å². The largest absolute Gasteiger partial charge is 0.474 e. The molecule has 2 rings (SSSR count). The highest BCUT2D eigenvalue weighted by atomic mass is 16.6. The van der Waals surface area contributed by atoms with Crippen molar-refractivity contribution in [2.45, 2.75) is 71.6 Å². The molecule has 0 saturated heterocycles. The summed E-state index contributed by atoms with van der Waals surface area (Å²) >= 11 is 0. The summed E-state index contributed by atoms with van der Waals surface area (Å²) in [7, 11) is 0. The highest BCUT2D eigenvalue weighted by Crippen LogP contribution is 2.25. The highest BCUT2D eigenvalue weighted by Gasteiger charge is 2.18. The van der Waals surface area contributed by atoms with Crippen molar-refractivity contribution in [2.75, 3.05) is 19.6 Å². The molecule has 0 spiro atoms. The molecule has 1 heterocycles. The Bertz CT molecular complexity index is 667. The van der Waals surface area contributed by atoms with E-state index in [9.17, 15) is 4.79 Å². The van der Waals surface area contributed by atoms with Crippen LogP contribution < -0.4 is 20.7 Å². The van der Waals surface area contributed by atoms with Gasteiger partial charge in [-0.15, -0.1) is 0 Å². The molecule has 0 atom stereocenters. The van der Waals surface area contributed by atoms with Crippen LogP contribution >= 0.6 is 0 Å². The fraction of sp³-hybridized carbons (Fsp3) is 0.667. The second-order valence-corrected chi connectivity index (χ2v) is 8.04. The minimum absolute atomic E-state index is 0.262. The lowest BCUT2D eigenvalue weighted by Crippen LogP contribution is -2.42. The van der Waals surface area contributed by atoms with E-state index in [0.29, 0.717) is 31.5 Å². The Morgan fingerprint density at radius 3 is 2.62 bits per heavy atom. The lowest BCUT2D eigenvalue weighted by atomic mass is 10.2. The Morgan fingerprint density at radius 1 is 1.21 bits per heavy atom. The summed E-state index contributed by atoms with van der Waals surface area (Å²) < 4.78 is 11.3. The molecule has 8 nitrogen and oxygen atoms in total. The van der Waals surface area contributed by atoms with Gasteiger partial charge in [0.2, 0.25) is 5.88 Å². The van der Waals surface area contributed by atoms with Gasteiger partial charge in [0.25, 0.3) is 0 Å². The van der Waals surface area contributed by atoms with E-state index in [1.807, 2.05) is 39.8 Å². The van der Waals surface area contributed by atoms with Crippen LogP contribution in [0.5, 0.6) is 5.88 Å². The molecule has 0 aliphatic heterocycles. The molecule has 0 aromatic carbocycles. The molecule has 1 amide bonds. The zero-order chi connectivity index (χ0) is 21.1. The summed E-state index contributed by atoms with van der Waals surface area (Å²) in [5, 5.41) is 9.14. The molecule has 8 heteroatoms. The first-order valence-corrected chi connectivity index (χ1v) is 10.5. The first-order chi connectivity index (χ1) is 13.9. The van der Waals surface area contributed by atoms with Gasteiger partial charge in [-0.3, -0.25) is 0 Å². The maximum atomic E-state index is 11.7. The molecule has 0 radical (unpaired) electrons. The summed E-state index contributed by atoms with van der Waals surface area (Å²) in [4.78, 5) is 20.7. The smallest absolute Gasteiger partial charge is 0.407 e. The third-order valence-electron chi connectivity index (χ3n) is 4.27. The van der Waals surface area contributed by atoms with Gasteiger partial charge in [-0.1, -0.05) is 6.07 Å². The molecule has 0 bridgehead atoms. The number of ether oxygens (including phenoxy) is 2. The lowest BCUT2D eigenvalue weighted by Gasteiger charge is -2.20. The topological polar surface area (TPSA) is 96.9 Å². The molecule has 1 aliphatic carbocycles. The number of nitrogens with zero attached hydrogens (tertiary/aromatic N) is 2. The SMILES string of the molecule is CCNC(=NCc1cccnc1OC1CCCC1)NCCNC(=O)OC(C)(C)C. The molecule has 0 unspecified atom stereocenters. The van der Waals surface area contributed by atoms with Crippen molar-refractivity contribution in [2.24, 2.45) is 4.99 Å². The van der Waals surface area contributed by atoms with Crippen LogP contribution in [0.25, 0.3) is 0 Å². The molecule has 162 valence electrons. The van der Waals surface area contributed by atoms with E-state index in [2.05, 4.69) is 25.9 Å². The third kappa shape index (κ3) is 9.02. The van der Waals surface area contributed by atoms with Crippen LogP contribution in [0, 0.1) is 0 Å². The summed E-state index contributed by atoms with van der Waals surface area (Å²) in [6.07, 6.45) is 6.21. The quantitative estimate of drug-likeness (QED) is 0.349. The predicted molar refractivity (Wildman–Crippen MR) is 114 cm³/mol. The van der Waals surface area contributed by atoms with Gasteiger partial charge < -0.3 is 25.4 Å². The summed E-state index contributed by atoms with van der Waals surface area (Å²) in [5.41, 5.74) is 0.457. The van der Waals surface area contributed by atoms with Gasteiger partial charge in [0.15, 0.2) is 5.96 Å². The van der Waals surface area contributed by atoms with Crippen molar-refractivity contribution in [1.29, 1.82) is 0 Å². The van der Waals surface area contributed by atoms with Crippen molar-refractivity contribution < 1.29 is 14.3 Å². The molecule has 1 aliphatic rings. The average Bonchev–Trinajstić information content (AvgIpc) is 3.16. The number of aliphatic imine (C=N–C) groups is 1. The molecule has 3 N–H and O–H groups in total. The normalized spacial score (nSPS) is 15.1. The van der Waals surface area contributed by atoms with E-state index in [-0.39, 0.29) is 6.10 Å². The Labute approximate surface area is 173 Å². The number of carbonyl (C=O) groups is 1. The van der Waals surface area contributed by atoms with Gasteiger partial charge in [0.1, 0.15) is 11.7 Å². The number of rotatable bonds is 8. The van der Waals surface area contributed by atoms with E-state index in [1.165, 1.54) is 12.8 Å². The highest BCUT2D eigenvalue weighted by molar-refractivity contribution is 5.79. The summed E-state index contributed by atoms with van der Waals surface area (Å²) in [6, 6.07) is 3.89. The van der Waals surface area contributed by atoms with Crippen molar-refractivity contribution >= 4 is 12.1 Å². The number of hydrogen-bond donors (Lipinski definition) is 3. The van der Waals surface area contributed by atoms with Gasteiger partial charge in [-0.2, -0.15) is 0 Å². The second-order valence-electron chi connectivity index (χ2n) is 8.04. The lowest BCUT2D eigenvalue weighted by molar-refractivity contribution is 0.0529. The average molecular weight is 406 g/mol. The first-order valence-electron chi connectivity index (χ1n) is 10.5. The number of guanidine groups is 1. The van der Waals surface area contributed by atoms with Gasteiger partial charge in [0, 0.05) is 31.4 Å². The van der Waals surface area contributed by atoms with Crippen molar-refractivity contribution in [3.8, 4) is 5.88 Å². The number of aromatic nitrogens is 1. The fourth-order valence-corrected chi connectivity index (χ4v) is 2.98. The van der Waals surface area contributed by atoms with Crippen molar-refractivity contribution in [1.82, 2.24) is 20.9 Å². The fourth-order valence-electron chi connectivity index (χ4n) is 2.98. The van der Waals surface area contributed by atoms with Crippen LogP contribution in [0.2, 0.25) is 0 Å². The summed E-state index contributed by atoms with van der Waals surface area (Å²) in [6.45, 7) is 9.69. The second kappa shape index (κ2) is 11.5. The molecule has 29 heavy (non-hydrogen) atoms. The Hall–Kier alpha value is -2.51. The van der Waals surface area contributed by atoms with Crippen LogP contribution in [0.1, 0.15) is 58.9 Å². The maximum Gasteiger partial charge on any atom is 0.407 e. The molecular formula is C21H35N5O3. The number of pyridine rings is 1. The van der Waals surface area contributed by atoms with Gasteiger partial charge in [-0.25, -0.2) is 14.8 Å².